The number of benzene rings is 1. The Kier molecular flexibility index (Phi) is 2.55. The van der Waals surface area contributed by atoms with E-state index in [1.54, 1.807) is 0 Å². The van der Waals surface area contributed by atoms with Gasteiger partial charge in [-0.25, -0.2) is 13.6 Å². The third-order valence-electron chi connectivity index (χ3n) is 1.88. The van der Waals surface area contributed by atoms with E-state index in [1.165, 1.54) is 19.9 Å². The molecular weight excluding hydrogens is 190 g/mol. The van der Waals surface area contributed by atoms with Gasteiger partial charge in [0.15, 0.2) is 0 Å². The molecule has 0 atom stereocenters. The molecule has 0 amide bonds. The fraction of sp³-hybridized carbons (Fsp3) is 0.300. The lowest BCUT2D eigenvalue weighted by molar-refractivity contribution is 0.0691. The summed E-state index contributed by atoms with van der Waals surface area (Å²) in [4.78, 5) is 10.5. The molecule has 1 aromatic carbocycles. The van der Waals surface area contributed by atoms with E-state index in [0.29, 0.717) is 0 Å². The van der Waals surface area contributed by atoms with Crippen molar-refractivity contribution in [1.82, 2.24) is 0 Å². The lowest BCUT2D eigenvalue weighted by Crippen LogP contribution is -2.11. The Morgan fingerprint density at radius 3 is 2.43 bits per heavy atom. The molecule has 4 heteroatoms. The molecule has 1 N–H and O–H groups in total. The van der Waals surface area contributed by atoms with Gasteiger partial charge in [0.1, 0.15) is 11.5 Å². The second kappa shape index (κ2) is 3.36. The number of carboxylic acid groups (broad SMARTS) is 1. The molecular formula is C10H10F2O2. The van der Waals surface area contributed by atoms with Crippen molar-refractivity contribution in [3.8, 4) is 0 Å². The summed E-state index contributed by atoms with van der Waals surface area (Å²) in [6.45, 7) is 2.57. The summed E-state index contributed by atoms with van der Waals surface area (Å²) in [5.74, 6) is -2.25. The Balaban J connectivity index is 3.27. The summed E-state index contributed by atoms with van der Waals surface area (Å²) in [7, 11) is 0. The van der Waals surface area contributed by atoms with Crippen molar-refractivity contribution in [2.24, 2.45) is 0 Å². The van der Waals surface area contributed by atoms with E-state index < -0.39 is 23.0 Å². The van der Waals surface area contributed by atoms with Crippen LogP contribution in [0.4, 0.5) is 8.78 Å². The SMILES string of the molecule is CC(C)(F)c1ccc(F)c(C(=O)O)c1. The van der Waals surface area contributed by atoms with Crippen LogP contribution < -0.4 is 0 Å². The first kappa shape index (κ1) is 10.6. The van der Waals surface area contributed by atoms with Gasteiger partial charge in [0.25, 0.3) is 0 Å². The highest BCUT2D eigenvalue weighted by Gasteiger charge is 2.21. The third kappa shape index (κ3) is 2.07. The van der Waals surface area contributed by atoms with Gasteiger partial charge in [-0.1, -0.05) is 6.07 Å². The first-order chi connectivity index (χ1) is 6.32. The van der Waals surface area contributed by atoms with Crippen LogP contribution in [0.2, 0.25) is 0 Å². The van der Waals surface area contributed by atoms with Crippen LogP contribution in [0.1, 0.15) is 29.8 Å². The monoisotopic (exact) mass is 200 g/mol. The molecule has 0 spiro atoms. The van der Waals surface area contributed by atoms with E-state index in [9.17, 15) is 13.6 Å². The van der Waals surface area contributed by atoms with Gasteiger partial charge in [0, 0.05) is 0 Å². The Hall–Kier alpha value is -1.45. The van der Waals surface area contributed by atoms with Crippen LogP contribution in [-0.2, 0) is 5.67 Å². The average molecular weight is 200 g/mol. The van der Waals surface area contributed by atoms with E-state index in [4.69, 9.17) is 5.11 Å². The molecule has 0 bridgehead atoms. The molecule has 0 aliphatic rings. The Bertz CT molecular complexity index is 367. The largest absolute Gasteiger partial charge is 0.478 e. The van der Waals surface area contributed by atoms with Gasteiger partial charge in [-0.15, -0.1) is 0 Å². The summed E-state index contributed by atoms with van der Waals surface area (Å²) in [6, 6.07) is 3.21. The van der Waals surface area contributed by atoms with Crippen LogP contribution in [0.15, 0.2) is 18.2 Å². The second-order valence-corrected chi connectivity index (χ2v) is 3.47. The molecule has 2 nitrogen and oxygen atoms in total. The summed E-state index contributed by atoms with van der Waals surface area (Å²) in [5, 5.41) is 8.59. The highest BCUT2D eigenvalue weighted by Crippen LogP contribution is 2.26. The third-order valence-corrected chi connectivity index (χ3v) is 1.88. The standard InChI is InChI=1S/C10H10F2O2/c1-10(2,12)6-3-4-8(11)7(5-6)9(13)14/h3-5H,1-2H3,(H,13,14). The first-order valence-electron chi connectivity index (χ1n) is 4.04. The minimum absolute atomic E-state index is 0.149. The topological polar surface area (TPSA) is 37.3 Å². The number of carboxylic acids is 1. The lowest BCUT2D eigenvalue weighted by Gasteiger charge is -2.14. The number of alkyl halides is 1. The van der Waals surface area contributed by atoms with E-state index >= 15 is 0 Å². The van der Waals surface area contributed by atoms with Crippen LogP contribution in [0.3, 0.4) is 0 Å². The van der Waals surface area contributed by atoms with Crippen molar-refractivity contribution >= 4 is 5.97 Å². The Morgan fingerprint density at radius 2 is 2.00 bits per heavy atom. The van der Waals surface area contributed by atoms with Crippen LogP contribution in [0.25, 0.3) is 0 Å². The smallest absolute Gasteiger partial charge is 0.338 e. The predicted octanol–water partition coefficient (Wildman–Crippen LogP) is 2.73. The quantitative estimate of drug-likeness (QED) is 0.796. The second-order valence-electron chi connectivity index (χ2n) is 3.47. The molecule has 0 saturated heterocycles. The van der Waals surface area contributed by atoms with Crippen LogP contribution in [0, 0.1) is 5.82 Å². The zero-order valence-electron chi connectivity index (χ0n) is 7.84. The van der Waals surface area contributed by atoms with Gasteiger partial charge in [0.05, 0.1) is 5.56 Å². The minimum Gasteiger partial charge on any atom is -0.478 e. The van der Waals surface area contributed by atoms with Crippen molar-refractivity contribution in [1.29, 1.82) is 0 Å². The molecule has 1 aromatic rings. The van der Waals surface area contributed by atoms with Crippen molar-refractivity contribution in [3.05, 3.63) is 35.1 Å². The summed E-state index contributed by atoms with van der Waals surface area (Å²) < 4.78 is 26.3. The molecule has 76 valence electrons. The summed E-state index contributed by atoms with van der Waals surface area (Å²) >= 11 is 0. The van der Waals surface area contributed by atoms with Gasteiger partial charge in [-0.3, -0.25) is 0 Å². The Labute approximate surface area is 80.2 Å². The molecule has 0 aliphatic carbocycles. The highest BCUT2D eigenvalue weighted by atomic mass is 19.1. The fourth-order valence-electron chi connectivity index (χ4n) is 1.06. The van der Waals surface area contributed by atoms with Gasteiger partial charge >= 0.3 is 5.97 Å². The van der Waals surface area contributed by atoms with Crippen LogP contribution >= 0.6 is 0 Å². The molecule has 1 rings (SSSR count). The van der Waals surface area contributed by atoms with E-state index in [-0.39, 0.29) is 5.56 Å². The van der Waals surface area contributed by atoms with Gasteiger partial charge in [-0.2, -0.15) is 0 Å². The van der Waals surface area contributed by atoms with E-state index in [2.05, 4.69) is 0 Å². The number of halogens is 2. The minimum atomic E-state index is -1.67. The molecule has 0 aromatic heterocycles. The molecule has 0 fully saturated rings. The summed E-state index contributed by atoms with van der Waals surface area (Å²) in [6.07, 6.45) is 0. The number of carbonyl (C=O) groups is 1. The zero-order chi connectivity index (χ0) is 10.9. The van der Waals surface area contributed by atoms with Gasteiger partial charge < -0.3 is 5.11 Å². The number of rotatable bonds is 2. The molecule has 0 radical (unpaired) electrons. The maximum absolute atomic E-state index is 13.4. The van der Waals surface area contributed by atoms with Crippen molar-refractivity contribution in [3.63, 3.8) is 0 Å². The van der Waals surface area contributed by atoms with E-state index in [0.717, 1.165) is 12.1 Å². The van der Waals surface area contributed by atoms with Crippen molar-refractivity contribution in [2.45, 2.75) is 19.5 Å². The van der Waals surface area contributed by atoms with Gasteiger partial charge in [-0.05, 0) is 31.5 Å². The van der Waals surface area contributed by atoms with Crippen LogP contribution in [-0.4, -0.2) is 11.1 Å². The van der Waals surface area contributed by atoms with Crippen molar-refractivity contribution in [2.75, 3.05) is 0 Å². The fourth-order valence-corrected chi connectivity index (χ4v) is 1.06. The molecule has 0 saturated carbocycles. The average Bonchev–Trinajstić information content (AvgIpc) is 2.02. The molecule has 0 aliphatic heterocycles. The predicted molar refractivity (Wildman–Crippen MR) is 47.5 cm³/mol. The number of hydrogen-bond acceptors (Lipinski definition) is 1. The highest BCUT2D eigenvalue weighted by molar-refractivity contribution is 5.88. The number of hydrogen-bond donors (Lipinski definition) is 1. The molecule has 0 unspecified atom stereocenters. The molecule has 0 heterocycles. The first-order valence-corrected chi connectivity index (χ1v) is 4.04. The van der Waals surface area contributed by atoms with E-state index in [1.807, 2.05) is 0 Å². The van der Waals surface area contributed by atoms with Crippen molar-refractivity contribution < 1.29 is 18.7 Å². The normalized spacial score (nSPS) is 11.4. The van der Waals surface area contributed by atoms with Crippen LogP contribution in [0.5, 0.6) is 0 Å². The maximum Gasteiger partial charge on any atom is 0.338 e. The molecule has 14 heavy (non-hydrogen) atoms. The zero-order valence-corrected chi connectivity index (χ0v) is 7.84. The van der Waals surface area contributed by atoms with Gasteiger partial charge in [0.2, 0.25) is 0 Å². The maximum atomic E-state index is 13.4. The Morgan fingerprint density at radius 1 is 1.43 bits per heavy atom. The number of aromatic carboxylic acids is 1. The summed E-state index contributed by atoms with van der Waals surface area (Å²) in [5.41, 5.74) is -2.03. The lowest BCUT2D eigenvalue weighted by atomic mass is 9.98.